The predicted molar refractivity (Wildman–Crippen MR) is 89.2 cm³/mol. The van der Waals surface area contributed by atoms with Crippen molar-refractivity contribution >= 4 is 5.91 Å². The molecule has 0 fully saturated rings. The Kier molecular flexibility index (Phi) is 6.78. The third-order valence-electron chi connectivity index (χ3n) is 3.88. The van der Waals surface area contributed by atoms with Crippen molar-refractivity contribution in [1.82, 2.24) is 5.32 Å². The van der Waals surface area contributed by atoms with Crippen LogP contribution in [-0.2, 0) is 4.79 Å². The van der Waals surface area contributed by atoms with E-state index in [1.807, 2.05) is 6.07 Å². The van der Waals surface area contributed by atoms with Crippen molar-refractivity contribution in [3.63, 3.8) is 0 Å². The second-order valence-electron chi connectivity index (χ2n) is 5.49. The van der Waals surface area contributed by atoms with E-state index in [4.69, 9.17) is 14.2 Å². The maximum absolute atomic E-state index is 11.9. The number of carbonyl (C=O) groups is 1. The number of para-hydroxylation sites is 1. The highest BCUT2D eigenvalue weighted by atomic mass is 16.5. The summed E-state index contributed by atoms with van der Waals surface area (Å²) < 4.78 is 16.1. The lowest BCUT2D eigenvalue weighted by Gasteiger charge is -2.15. The van der Waals surface area contributed by atoms with Crippen LogP contribution in [-0.4, -0.2) is 33.3 Å². The fourth-order valence-electron chi connectivity index (χ4n) is 2.64. The lowest BCUT2D eigenvalue weighted by molar-refractivity contribution is -0.123. The molecule has 23 heavy (non-hydrogen) atoms. The first-order chi connectivity index (χ1) is 11.2. The van der Waals surface area contributed by atoms with Crippen LogP contribution in [0.1, 0.15) is 32.1 Å². The quantitative estimate of drug-likeness (QED) is 0.748. The van der Waals surface area contributed by atoms with E-state index in [-0.39, 0.29) is 12.5 Å². The number of hydrogen-bond donors (Lipinski definition) is 1. The maximum atomic E-state index is 11.9. The van der Waals surface area contributed by atoms with Gasteiger partial charge in [-0.1, -0.05) is 17.7 Å². The fraction of sp³-hybridized carbons (Fsp3) is 0.500. The van der Waals surface area contributed by atoms with Crippen LogP contribution in [0, 0.1) is 0 Å². The molecule has 5 nitrogen and oxygen atoms in total. The molecular weight excluding hydrogens is 294 g/mol. The zero-order valence-electron chi connectivity index (χ0n) is 13.9. The lowest BCUT2D eigenvalue weighted by Crippen LogP contribution is -2.30. The van der Waals surface area contributed by atoms with Crippen molar-refractivity contribution in [3.05, 3.63) is 29.8 Å². The van der Waals surface area contributed by atoms with Gasteiger partial charge in [0.2, 0.25) is 5.75 Å². The number of carbonyl (C=O) groups excluding carboxylic acids is 1. The van der Waals surface area contributed by atoms with Gasteiger partial charge in [-0.15, -0.1) is 0 Å². The van der Waals surface area contributed by atoms with Crippen molar-refractivity contribution in [1.29, 1.82) is 0 Å². The fourth-order valence-corrected chi connectivity index (χ4v) is 2.64. The number of benzene rings is 1. The zero-order valence-corrected chi connectivity index (χ0v) is 13.9. The molecule has 1 aliphatic carbocycles. The summed E-state index contributed by atoms with van der Waals surface area (Å²) in [5, 5.41) is 2.89. The van der Waals surface area contributed by atoms with Gasteiger partial charge in [-0.05, 0) is 44.2 Å². The molecule has 0 saturated heterocycles. The Hall–Kier alpha value is -2.17. The number of ether oxygens (including phenoxy) is 3. The van der Waals surface area contributed by atoms with Gasteiger partial charge in [0, 0.05) is 6.54 Å². The van der Waals surface area contributed by atoms with Crippen molar-refractivity contribution in [2.45, 2.75) is 32.1 Å². The van der Waals surface area contributed by atoms with Gasteiger partial charge in [0.25, 0.3) is 5.91 Å². The second-order valence-corrected chi connectivity index (χ2v) is 5.49. The van der Waals surface area contributed by atoms with Gasteiger partial charge in [-0.25, -0.2) is 0 Å². The molecule has 0 spiro atoms. The van der Waals surface area contributed by atoms with Crippen molar-refractivity contribution in [2.24, 2.45) is 0 Å². The molecule has 1 aliphatic rings. The van der Waals surface area contributed by atoms with Crippen LogP contribution in [0.4, 0.5) is 0 Å². The molecule has 5 heteroatoms. The molecular formula is C18H25NO4. The minimum Gasteiger partial charge on any atom is -0.493 e. The molecule has 1 aromatic rings. The molecule has 0 aliphatic heterocycles. The van der Waals surface area contributed by atoms with E-state index in [9.17, 15) is 4.79 Å². The first kappa shape index (κ1) is 17.2. The van der Waals surface area contributed by atoms with E-state index in [0.717, 1.165) is 12.8 Å². The van der Waals surface area contributed by atoms with E-state index >= 15 is 0 Å². The van der Waals surface area contributed by atoms with E-state index in [1.54, 1.807) is 26.4 Å². The number of amides is 1. The summed E-state index contributed by atoms with van der Waals surface area (Å²) in [4.78, 5) is 11.9. The molecule has 0 heterocycles. The molecule has 2 rings (SSSR count). The SMILES string of the molecule is COc1cccc(OC)c1OCC(=O)NCCC1=CCCCC1. The first-order valence-electron chi connectivity index (χ1n) is 8.03. The summed E-state index contributed by atoms with van der Waals surface area (Å²) >= 11 is 0. The Balaban J connectivity index is 1.79. The average Bonchev–Trinajstić information content (AvgIpc) is 2.60. The van der Waals surface area contributed by atoms with Crippen LogP contribution in [0.3, 0.4) is 0 Å². The molecule has 0 atom stereocenters. The molecule has 1 amide bonds. The van der Waals surface area contributed by atoms with Crippen LogP contribution >= 0.6 is 0 Å². The summed E-state index contributed by atoms with van der Waals surface area (Å²) in [5.41, 5.74) is 1.45. The molecule has 1 N–H and O–H groups in total. The number of allylic oxidation sites excluding steroid dienone is 1. The Morgan fingerprint density at radius 3 is 2.52 bits per heavy atom. The van der Waals surface area contributed by atoms with Crippen LogP contribution in [0.15, 0.2) is 29.8 Å². The molecule has 126 valence electrons. The normalized spacial score (nSPS) is 13.9. The molecule has 0 radical (unpaired) electrons. The first-order valence-corrected chi connectivity index (χ1v) is 8.03. The van der Waals surface area contributed by atoms with Crippen LogP contribution in [0.25, 0.3) is 0 Å². The van der Waals surface area contributed by atoms with Gasteiger partial charge < -0.3 is 19.5 Å². The number of rotatable bonds is 8. The Labute approximate surface area is 137 Å². The molecule has 0 aromatic heterocycles. The molecule has 1 aromatic carbocycles. The summed E-state index contributed by atoms with van der Waals surface area (Å²) in [6, 6.07) is 5.35. The third kappa shape index (κ3) is 5.20. The zero-order chi connectivity index (χ0) is 16.5. The van der Waals surface area contributed by atoms with Gasteiger partial charge in [0.1, 0.15) is 0 Å². The predicted octanol–water partition coefficient (Wildman–Crippen LogP) is 3.09. The highest BCUT2D eigenvalue weighted by Crippen LogP contribution is 2.36. The monoisotopic (exact) mass is 319 g/mol. The third-order valence-corrected chi connectivity index (χ3v) is 3.88. The highest BCUT2D eigenvalue weighted by molar-refractivity contribution is 5.77. The minimum absolute atomic E-state index is 0.0597. The molecule has 0 saturated carbocycles. The second kappa shape index (κ2) is 9.08. The number of hydrogen-bond acceptors (Lipinski definition) is 4. The van der Waals surface area contributed by atoms with Gasteiger partial charge in [-0.3, -0.25) is 4.79 Å². The minimum atomic E-state index is -0.144. The lowest BCUT2D eigenvalue weighted by atomic mass is 9.97. The van der Waals surface area contributed by atoms with Gasteiger partial charge in [0.15, 0.2) is 18.1 Å². The van der Waals surface area contributed by atoms with Crippen LogP contribution in [0.5, 0.6) is 17.2 Å². The van der Waals surface area contributed by atoms with Gasteiger partial charge in [0.05, 0.1) is 14.2 Å². The van der Waals surface area contributed by atoms with Crippen LogP contribution in [0.2, 0.25) is 0 Å². The summed E-state index contributed by atoms with van der Waals surface area (Å²) in [7, 11) is 3.11. The van der Waals surface area contributed by atoms with Gasteiger partial charge in [-0.2, -0.15) is 0 Å². The maximum Gasteiger partial charge on any atom is 0.257 e. The summed E-state index contributed by atoms with van der Waals surface area (Å²) in [6.07, 6.45) is 8.08. The van der Waals surface area contributed by atoms with Crippen molar-refractivity contribution in [3.8, 4) is 17.2 Å². The Morgan fingerprint density at radius 1 is 1.17 bits per heavy atom. The van der Waals surface area contributed by atoms with Gasteiger partial charge >= 0.3 is 0 Å². The average molecular weight is 319 g/mol. The smallest absolute Gasteiger partial charge is 0.257 e. The highest BCUT2D eigenvalue weighted by Gasteiger charge is 2.13. The number of nitrogens with one attached hydrogen (secondary N) is 1. The van der Waals surface area contributed by atoms with E-state index in [2.05, 4.69) is 11.4 Å². The van der Waals surface area contributed by atoms with E-state index in [0.29, 0.717) is 23.8 Å². The van der Waals surface area contributed by atoms with Crippen molar-refractivity contribution < 1.29 is 19.0 Å². The summed E-state index contributed by atoms with van der Waals surface area (Å²) in [6.45, 7) is 0.590. The van der Waals surface area contributed by atoms with Crippen molar-refractivity contribution in [2.75, 3.05) is 27.4 Å². The topological polar surface area (TPSA) is 56.8 Å². The summed E-state index contributed by atoms with van der Waals surface area (Å²) in [5.74, 6) is 1.39. The Morgan fingerprint density at radius 2 is 1.91 bits per heavy atom. The van der Waals surface area contributed by atoms with E-state index < -0.39 is 0 Å². The Bertz CT molecular complexity index is 532. The standard InChI is InChI=1S/C18H25NO4/c1-21-15-9-6-10-16(22-2)18(15)23-13-17(20)19-12-11-14-7-4-3-5-8-14/h6-7,9-10H,3-5,8,11-13H2,1-2H3,(H,19,20). The number of methoxy groups -OCH3 is 2. The molecule has 0 bridgehead atoms. The molecule has 0 unspecified atom stereocenters. The largest absolute Gasteiger partial charge is 0.493 e. The van der Waals surface area contributed by atoms with Crippen LogP contribution < -0.4 is 19.5 Å². The van der Waals surface area contributed by atoms with E-state index in [1.165, 1.54) is 24.8 Å².